The van der Waals surface area contributed by atoms with Gasteiger partial charge in [-0.15, -0.1) is 0 Å². The fraction of sp³-hybridized carbons (Fsp3) is 0.500. The number of amides is 1. The summed E-state index contributed by atoms with van der Waals surface area (Å²) in [5.74, 6) is -1.59. The third kappa shape index (κ3) is 4.01. The lowest BCUT2D eigenvalue weighted by molar-refractivity contribution is -0.140. The molecule has 2 rings (SSSR count). The first-order valence-electron chi connectivity index (χ1n) is 6.69. The van der Waals surface area contributed by atoms with Crippen molar-refractivity contribution < 1.29 is 22.3 Å². The van der Waals surface area contributed by atoms with Crippen LogP contribution in [0.15, 0.2) is 29.2 Å². The normalized spacial score (nSPS) is 23.1. The molecule has 21 heavy (non-hydrogen) atoms. The lowest BCUT2D eigenvalue weighted by Crippen LogP contribution is -2.49. The topological polar surface area (TPSA) is 63.7 Å². The molecule has 7 heteroatoms. The smallest absolute Gasteiger partial charge is 0.238 e. The number of hydrogen-bond acceptors (Lipinski definition) is 4. The summed E-state index contributed by atoms with van der Waals surface area (Å²) in [6.07, 6.45) is -0.238. The predicted octanol–water partition coefficient (Wildman–Crippen LogP) is 1.24. The van der Waals surface area contributed by atoms with Gasteiger partial charge in [-0.2, -0.15) is 0 Å². The van der Waals surface area contributed by atoms with Crippen molar-refractivity contribution in [3.8, 4) is 0 Å². The molecule has 1 amide bonds. The van der Waals surface area contributed by atoms with Gasteiger partial charge in [0.1, 0.15) is 11.6 Å². The average molecular weight is 315 g/mol. The largest absolute Gasteiger partial charge is 0.372 e. The van der Waals surface area contributed by atoms with Crippen LogP contribution in [-0.2, 0) is 19.4 Å². The molecule has 0 aromatic heterocycles. The molecule has 1 saturated heterocycles. The predicted molar refractivity (Wildman–Crippen MR) is 75.0 cm³/mol. The molecule has 0 N–H and O–H groups in total. The van der Waals surface area contributed by atoms with Crippen molar-refractivity contribution in [1.29, 1.82) is 0 Å². The van der Waals surface area contributed by atoms with Crippen LogP contribution in [0, 0.1) is 5.82 Å². The fourth-order valence-electron chi connectivity index (χ4n) is 2.36. The van der Waals surface area contributed by atoms with Crippen LogP contribution in [0.1, 0.15) is 13.8 Å². The number of carbonyl (C=O) groups excluding carboxylic acids is 1. The molecule has 1 heterocycles. The minimum absolute atomic E-state index is 0.0494. The third-order valence-corrected chi connectivity index (χ3v) is 4.88. The molecule has 0 spiro atoms. The molecule has 0 unspecified atom stereocenters. The van der Waals surface area contributed by atoms with Gasteiger partial charge in [0.25, 0.3) is 0 Å². The maximum Gasteiger partial charge on any atom is 0.238 e. The Labute approximate surface area is 123 Å². The minimum atomic E-state index is -3.76. The van der Waals surface area contributed by atoms with E-state index < -0.39 is 27.3 Å². The van der Waals surface area contributed by atoms with Crippen molar-refractivity contribution in [2.75, 3.05) is 18.8 Å². The summed E-state index contributed by atoms with van der Waals surface area (Å²) in [5.41, 5.74) is 0. The van der Waals surface area contributed by atoms with Crippen LogP contribution >= 0.6 is 0 Å². The molecule has 1 aromatic carbocycles. The quantitative estimate of drug-likeness (QED) is 0.787. The Balaban J connectivity index is 2.09. The van der Waals surface area contributed by atoms with E-state index in [1.807, 2.05) is 13.8 Å². The van der Waals surface area contributed by atoms with Crippen molar-refractivity contribution >= 4 is 15.7 Å². The summed E-state index contributed by atoms with van der Waals surface area (Å²) >= 11 is 0. The molecule has 0 saturated carbocycles. The molecule has 1 aliphatic rings. The van der Waals surface area contributed by atoms with E-state index in [0.717, 1.165) is 12.1 Å². The number of morpholine rings is 1. The van der Waals surface area contributed by atoms with Crippen molar-refractivity contribution in [2.45, 2.75) is 31.0 Å². The van der Waals surface area contributed by atoms with Gasteiger partial charge in [-0.25, -0.2) is 12.8 Å². The molecular formula is C14H18FNO4S. The Morgan fingerprint density at radius 1 is 1.24 bits per heavy atom. The van der Waals surface area contributed by atoms with Gasteiger partial charge < -0.3 is 9.64 Å². The first-order chi connectivity index (χ1) is 9.78. The van der Waals surface area contributed by atoms with Crippen molar-refractivity contribution in [2.24, 2.45) is 0 Å². The zero-order valence-corrected chi connectivity index (χ0v) is 12.8. The monoisotopic (exact) mass is 315 g/mol. The summed E-state index contributed by atoms with van der Waals surface area (Å²) in [6.45, 7) is 4.43. The highest BCUT2D eigenvalue weighted by molar-refractivity contribution is 7.92. The second-order valence-corrected chi connectivity index (χ2v) is 7.26. The van der Waals surface area contributed by atoms with Gasteiger partial charge in [0.2, 0.25) is 5.91 Å². The second kappa shape index (κ2) is 6.11. The van der Waals surface area contributed by atoms with E-state index in [0.29, 0.717) is 13.1 Å². The molecule has 5 nitrogen and oxygen atoms in total. The molecule has 0 bridgehead atoms. The number of hydrogen-bond donors (Lipinski definition) is 0. The van der Waals surface area contributed by atoms with Crippen LogP contribution in [-0.4, -0.2) is 50.3 Å². The van der Waals surface area contributed by atoms with E-state index in [1.54, 1.807) is 0 Å². The molecule has 1 aliphatic heterocycles. The van der Waals surface area contributed by atoms with E-state index in [1.165, 1.54) is 17.0 Å². The summed E-state index contributed by atoms with van der Waals surface area (Å²) < 4.78 is 42.7. The maximum atomic E-state index is 12.8. The number of benzene rings is 1. The Morgan fingerprint density at radius 3 is 2.29 bits per heavy atom. The average Bonchev–Trinajstić information content (AvgIpc) is 2.37. The van der Waals surface area contributed by atoms with Crippen LogP contribution in [0.4, 0.5) is 4.39 Å². The van der Waals surface area contributed by atoms with Crippen LogP contribution in [0.25, 0.3) is 0 Å². The van der Waals surface area contributed by atoms with Crippen LogP contribution in [0.5, 0.6) is 0 Å². The number of sulfone groups is 1. The van der Waals surface area contributed by atoms with E-state index >= 15 is 0 Å². The molecule has 1 aromatic rings. The van der Waals surface area contributed by atoms with Gasteiger partial charge in [0.15, 0.2) is 9.84 Å². The molecule has 2 atom stereocenters. The maximum absolute atomic E-state index is 12.8. The number of halogens is 1. The summed E-state index contributed by atoms with van der Waals surface area (Å²) in [6, 6.07) is 4.47. The highest BCUT2D eigenvalue weighted by Gasteiger charge is 2.29. The Kier molecular flexibility index (Phi) is 4.63. The number of carbonyl (C=O) groups is 1. The summed E-state index contributed by atoms with van der Waals surface area (Å²) in [5, 5.41) is 0. The van der Waals surface area contributed by atoms with Crippen molar-refractivity contribution in [3.05, 3.63) is 30.1 Å². The van der Waals surface area contributed by atoms with Gasteiger partial charge in [-0.05, 0) is 38.1 Å². The third-order valence-electron chi connectivity index (χ3n) is 3.26. The Bertz CT molecular complexity index is 604. The first-order valence-corrected chi connectivity index (χ1v) is 8.35. The zero-order chi connectivity index (χ0) is 15.6. The van der Waals surface area contributed by atoms with Crippen LogP contribution in [0.2, 0.25) is 0 Å². The van der Waals surface area contributed by atoms with E-state index in [-0.39, 0.29) is 17.1 Å². The van der Waals surface area contributed by atoms with Gasteiger partial charge in [0, 0.05) is 13.1 Å². The van der Waals surface area contributed by atoms with Crippen molar-refractivity contribution in [3.63, 3.8) is 0 Å². The zero-order valence-electron chi connectivity index (χ0n) is 12.0. The molecule has 0 aliphatic carbocycles. The standard InChI is InChI=1S/C14H18FNO4S/c1-10-7-16(8-11(2)20-10)14(17)9-21(18,19)13-5-3-12(15)4-6-13/h3-6,10-11H,7-9H2,1-2H3/t10-,11-/m0/s1. The minimum Gasteiger partial charge on any atom is -0.372 e. The lowest BCUT2D eigenvalue weighted by atomic mass is 10.2. The fourth-order valence-corrected chi connectivity index (χ4v) is 3.59. The number of rotatable bonds is 3. The summed E-state index contributed by atoms with van der Waals surface area (Å²) in [7, 11) is -3.76. The van der Waals surface area contributed by atoms with E-state index in [4.69, 9.17) is 4.74 Å². The van der Waals surface area contributed by atoms with Gasteiger partial charge in [0.05, 0.1) is 17.1 Å². The molecule has 0 radical (unpaired) electrons. The van der Waals surface area contributed by atoms with Crippen molar-refractivity contribution in [1.82, 2.24) is 4.90 Å². The van der Waals surface area contributed by atoms with E-state index in [2.05, 4.69) is 0 Å². The second-order valence-electron chi connectivity index (χ2n) is 5.27. The Hall–Kier alpha value is -1.47. The van der Waals surface area contributed by atoms with Gasteiger partial charge >= 0.3 is 0 Å². The van der Waals surface area contributed by atoms with E-state index in [9.17, 15) is 17.6 Å². The molecule has 1 fully saturated rings. The molecular weight excluding hydrogens is 297 g/mol. The summed E-state index contributed by atoms with van der Waals surface area (Å²) in [4.78, 5) is 13.6. The SMILES string of the molecule is C[C@H]1CN(C(=O)CS(=O)(=O)c2ccc(F)cc2)C[C@H](C)O1. The highest BCUT2D eigenvalue weighted by Crippen LogP contribution is 2.15. The number of nitrogens with zero attached hydrogens (tertiary/aromatic N) is 1. The first kappa shape index (κ1) is 15.9. The Morgan fingerprint density at radius 2 is 1.76 bits per heavy atom. The van der Waals surface area contributed by atoms with Gasteiger partial charge in [-0.1, -0.05) is 0 Å². The molecule has 116 valence electrons. The van der Waals surface area contributed by atoms with Crippen LogP contribution in [0.3, 0.4) is 0 Å². The van der Waals surface area contributed by atoms with Gasteiger partial charge in [-0.3, -0.25) is 4.79 Å². The lowest BCUT2D eigenvalue weighted by Gasteiger charge is -2.35. The van der Waals surface area contributed by atoms with Crippen LogP contribution < -0.4 is 0 Å². The number of ether oxygens (including phenoxy) is 1. The highest BCUT2D eigenvalue weighted by atomic mass is 32.2.